The Morgan fingerprint density at radius 1 is 0.707 bits per heavy atom. The van der Waals surface area contributed by atoms with Crippen molar-refractivity contribution in [1.29, 1.82) is 0 Å². The summed E-state index contributed by atoms with van der Waals surface area (Å²) in [6, 6.07) is 15.9. The maximum absolute atomic E-state index is 13.0. The Bertz CT molecular complexity index is 1520. The maximum Gasteiger partial charge on any atom is 0.231 e. The van der Waals surface area contributed by atoms with Gasteiger partial charge >= 0.3 is 0 Å². The maximum atomic E-state index is 13.0. The predicted molar refractivity (Wildman–Crippen MR) is 168 cm³/mol. The molecule has 41 heavy (non-hydrogen) atoms. The number of nitrogens with zero attached hydrogens (tertiary/aromatic N) is 4. The lowest BCUT2D eigenvalue weighted by Gasteiger charge is -2.13. The fraction of sp³-hybridized carbons (Fsp3) is 0.312. The van der Waals surface area contributed by atoms with Crippen LogP contribution in [-0.2, 0) is 35.5 Å². The van der Waals surface area contributed by atoms with E-state index in [1.807, 2.05) is 64.0 Å². The Balaban J connectivity index is 0.00000387. The van der Waals surface area contributed by atoms with Crippen molar-refractivity contribution in [2.24, 2.45) is 0 Å². The Kier molecular flexibility index (Phi) is 10.1. The minimum absolute atomic E-state index is 0. The van der Waals surface area contributed by atoms with Crippen LogP contribution in [0.2, 0.25) is 0 Å². The van der Waals surface area contributed by atoms with E-state index in [0.717, 1.165) is 83.3 Å². The summed E-state index contributed by atoms with van der Waals surface area (Å²) in [6.07, 6.45) is 12.0. The molecule has 0 unspecified atom stereocenters. The van der Waals surface area contributed by atoms with Crippen molar-refractivity contribution < 1.29 is 9.59 Å². The minimum Gasteiger partial charge on any atom is -0.335 e. The minimum atomic E-state index is -0.114. The number of benzene rings is 3. The molecule has 2 aromatic heterocycles. The summed E-state index contributed by atoms with van der Waals surface area (Å²) in [5.41, 5.74) is 1.46. The smallest absolute Gasteiger partial charge is 0.231 e. The fourth-order valence-electron chi connectivity index (χ4n) is 5.02. The number of imidazole rings is 2. The molecule has 9 heteroatoms. The molecule has 0 fully saturated rings. The number of unbranched alkanes of at least 4 members (excludes halogenated alkanes) is 2. The molecule has 0 atom stereocenters. The van der Waals surface area contributed by atoms with Gasteiger partial charge in [-0.15, -0.1) is 12.4 Å². The first-order valence-electron chi connectivity index (χ1n) is 14.1. The Morgan fingerprint density at radius 2 is 1.17 bits per heavy atom. The molecule has 0 radical (unpaired) electrons. The standard InChI is InChI=1S/C32H36N6O2.ClH/c1-3-5-15-37-17-13-33-29(37)21-31(39)35-27-11-7-9-23-19-24-10-8-12-28(26(24)20-25(23)27)36-32(40)22-30-34-14-18-38(30)16-6-4-2;/h7-14,17-20H,3-6,15-16,21-22H2,1-2H3,(H,35,39)(H,36,40);1H. The van der Waals surface area contributed by atoms with Gasteiger partial charge in [-0.05, 0) is 47.9 Å². The van der Waals surface area contributed by atoms with Crippen molar-refractivity contribution in [2.75, 3.05) is 10.6 Å². The molecule has 2 amide bonds. The molecule has 5 aromatic rings. The first-order valence-corrected chi connectivity index (χ1v) is 14.1. The number of carbonyl (C=O) groups is 2. The first-order chi connectivity index (χ1) is 19.6. The second-order valence-electron chi connectivity index (χ2n) is 10.1. The third-order valence-corrected chi connectivity index (χ3v) is 7.17. The average molecular weight is 573 g/mol. The fourth-order valence-corrected chi connectivity index (χ4v) is 5.02. The van der Waals surface area contributed by atoms with E-state index in [1.54, 1.807) is 12.4 Å². The van der Waals surface area contributed by atoms with E-state index >= 15 is 0 Å². The number of amides is 2. The number of hydrogen-bond donors (Lipinski definition) is 2. The third kappa shape index (κ3) is 7.13. The van der Waals surface area contributed by atoms with Gasteiger partial charge in [-0.25, -0.2) is 9.97 Å². The number of carbonyl (C=O) groups excluding carboxylic acids is 2. The van der Waals surface area contributed by atoms with Crippen LogP contribution in [0.25, 0.3) is 21.5 Å². The molecular formula is C32H37ClN6O2. The van der Waals surface area contributed by atoms with Crippen LogP contribution in [0.3, 0.4) is 0 Å². The molecular weight excluding hydrogens is 536 g/mol. The number of hydrogen-bond acceptors (Lipinski definition) is 4. The highest BCUT2D eigenvalue weighted by Crippen LogP contribution is 2.32. The van der Waals surface area contributed by atoms with Crippen LogP contribution in [0.15, 0.2) is 73.3 Å². The molecule has 0 aliphatic rings. The lowest BCUT2D eigenvalue weighted by Crippen LogP contribution is -2.18. The average Bonchev–Trinajstić information content (AvgIpc) is 3.58. The molecule has 0 saturated heterocycles. The molecule has 0 aliphatic carbocycles. The SMILES string of the molecule is CCCCn1ccnc1CC(=O)Nc1cccc2cc3cccc(NC(=O)Cc4nccn4CCCC)c3cc12.Cl. The number of anilines is 2. The highest BCUT2D eigenvalue weighted by Gasteiger charge is 2.14. The molecule has 0 spiro atoms. The van der Waals surface area contributed by atoms with Gasteiger partial charge in [0.05, 0.1) is 12.8 Å². The Morgan fingerprint density at radius 3 is 1.61 bits per heavy atom. The zero-order chi connectivity index (χ0) is 27.9. The number of halogens is 1. The van der Waals surface area contributed by atoms with Crippen LogP contribution in [0, 0.1) is 0 Å². The zero-order valence-electron chi connectivity index (χ0n) is 23.6. The Hall–Kier alpha value is -4.17. The number of fused-ring (bicyclic) bond motifs is 2. The summed E-state index contributed by atoms with van der Waals surface area (Å²) in [5, 5.41) is 10.0. The molecule has 2 heterocycles. The lowest BCUT2D eigenvalue weighted by molar-refractivity contribution is -0.116. The first kappa shape index (κ1) is 29.8. The van der Waals surface area contributed by atoms with Crippen LogP contribution in [0.4, 0.5) is 11.4 Å². The van der Waals surface area contributed by atoms with E-state index in [0.29, 0.717) is 0 Å². The molecule has 0 saturated carbocycles. The van der Waals surface area contributed by atoms with Gasteiger partial charge in [0.15, 0.2) is 0 Å². The van der Waals surface area contributed by atoms with Gasteiger partial charge in [0.1, 0.15) is 11.6 Å². The molecule has 5 rings (SSSR count). The van der Waals surface area contributed by atoms with Gasteiger partial charge in [0, 0.05) is 60.0 Å². The molecule has 8 nitrogen and oxygen atoms in total. The highest BCUT2D eigenvalue weighted by atomic mass is 35.5. The second kappa shape index (κ2) is 13.9. The second-order valence-corrected chi connectivity index (χ2v) is 10.1. The van der Waals surface area contributed by atoms with Crippen molar-refractivity contribution in [2.45, 2.75) is 65.5 Å². The molecule has 2 N–H and O–H groups in total. The summed E-state index contributed by atoms with van der Waals surface area (Å²) < 4.78 is 4.09. The van der Waals surface area contributed by atoms with Gasteiger partial charge in [-0.2, -0.15) is 0 Å². The number of rotatable bonds is 12. The summed E-state index contributed by atoms with van der Waals surface area (Å²) in [4.78, 5) is 34.9. The monoisotopic (exact) mass is 572 g/mol. The quantitative estimate of drug-likeness (QED) is 0.161. The van der Waals surface area contributed by atoms with Crippen molar-refractivity contribution in [3.8, 4) is 0 Å². The van der Waals surface area contributed by atoms with E-state index < -0.39 is 0 Å². The van der Waals surface area contributed by atoms with Crippen molar-refractivity contribution in [1.82, 2.24) is 19.1 Å². The van der Waals surface area contributed by atoms with Crippen molar-refractivity contribution in [3.63, 3.8) is 0 Å². The van der Waals surface area contributed by atoms with Gasteiger partial charge in [0.2, 0.25) is 11.8 Å². The summed E-state index contributed by atoms with van der Waals surface area (Å²) in [7, 11) is 0. The number of nitrogens with one attached hydrogen (secondary N) is 2. The van der Waals surface area contributed by atoms with Gasteiger partial charge in [0.25, 0.3) is 0 Å². The van der Waals surface area contributed by atoms with Crippen LogP contribution in [0.1, 0.15) is 51.2 Å². The molecule has 0 bridgehead atoms. The molecule has 214 valence electrons. The normalized spacial score (nSPS) is 11.0. The Labute approximate surface area is 246 Å². The zero-order valence-corrected chi connectivity index (χ0v) is 24.4. The van der Waals surface area contributed by atoms with Gasteiger partial charge < -0.3 is 19.8 Å². The topological polar surface area (TPSA) is 93.8 Å². The van der Waals surface area contributed by atoms with Crippen molar-refractivity contribution in [3.05, 3.63) is 85.0 Å². The largest absolute Gasteiger partial charge is 0.335 e. The van der Waals surface area contributed by atoms with Crippen LogP contribution in [-0.4, -0.2) is 30.9 Å². The number of aryl methyl sites for hydroxylation is 2. The van der Waals surface area contributed by atoms with E-state index in [-0.39, 0.29) is 37.1 Å². The third-order valence-electron chi connectivity index (χ3n) is 7.17. The summed E-state index contributed by atoms with van der Waals surface area (Å²) >= 11 is 0. The van der Waals surface area contributed by atoms with E-state index in [9.17, 15) is 9.59 Å². The van der Waals surface area contributed by atoms with E-state index in [1.165, 1.54) is 0 Å². The number of aromatic nitrogens is 4. The molecule has 3 aromatic carbocycles. The summed E-state index contributed by atoms with van der Waals surface area (Å²) in [5.74, 6) is 1.29. The van der Waals surface area contributed by atoms with E-state index in [2.05, 4.69) is 40.5 Å². The van der Waals surface area contributed by atoms with E-state index in [4.69, 9.17) is 0 Å². The summed E-state index contributed by atoms with van der Waals surface area (Å²) in [6.45, 7) is 6.01. The van der Waals surface area contributed by atoms with Crippen LogP contribution in [0.5, 0.6) is 0 Å². The predicted octanol–water partition coefficient (Wildman–Crippen LogP) is 6.77. The molecule has 0 aliphatic heterocycles. The van der Waals surface area contributed by atoms with Crippen LogP contribution >= 0.6 is 12.4 Å². The van der Waals surface area contributed by atoms with Gasteiger partial charge in [-0.1, -0.05) is 51.0 Å². The van der Waals surface area contributed by atoms with Crippen LogP contribution < -0.4 is 10.6 Å². The highest BCUT2D eigenvalue weighted by molar-refractivity contribution is 6.11. The van der Waals surface area contributed by atoms with Gasteiger partial charge in [-0.3, -0.25) is 9.59 Å². The lowest BCUT2D eigenvalue weighted by atomic mass is 10.0. The van der Waals surface area contributed by atoms with Crippen molar-refractivity contribution >= 4 is 57.1 Å².